The number of carbonyl (C=O) groups excluding carboxylic acids is 3. The fourth-order valence-corrected chi connectivity index (χ4v) is 7.26. The highest BCUT2D eigenvalue weighted by atomic mass is 35.5. The predicted molar refractivity (Wildman–Crippen MR) is 231 cm³/mol. The van der Waals surface area contributed by atoms with Crippen LogP contribution in [-0.2, 0) is 34.0 Å². The maximum Gasteiger partial charge on any atom is 0.338 e. The van der Waals surface area contributed by atoms with Crippen molar-refractivity contribution in [3.05, 3.63) is 191 Å². The summed E-state index contributed by atoms with van der Waals surface area (Å²) in [6.45, 7) is -0.622. The quantitative estimate of drug-likeness (QED) is 0.0653. The minimum atomic E-state index is -1.35. The molecule has 9 nitrogen and oxygen atoms in total. The Balaban J connectivity index is 1.15. The molecule has 6 aromatic carbocycles. The molecule has 0 N–H and O–H groups in total. The zero-order chi connectivity index (χ0) is 42.6. The van der Waals surface area contributed by atoms with Crippen molar-refractivity contribution in [2.75, 3.05) is 13.2 Å². The van der Waals surface area contributed by atoms with E-state index in [0.29, 0.717) is 0 Å². The normalized spacial score (nSPS) is 10.8. The molecule has 0 spiro atoms. The first-order chi connectivity index (χ1) is 28.9. The first kappa shape index (κ1) is 44.4. The highest BCUT2D eigenvalue weighted by Crippen LogP contribution is 2.37. The largest absolute Gasteiger partial charge is 0.486 e. The number of halogens is 6. The van der Waals surface area contributed by atoms with E-state index in [1.807, 2.05) is 91.0 Å². The predicted octanol–water partition coefficient (Wildman–Crippen LogP) is 12.6. The SMILES string of the molecule is O=C(OCC(COC(=O)c1cc(Cl)c(OCc2ccccc2)c(Cl)c1)OC(=O)c1cc(Cl)c(OCc2ccccc2)c(Cl)c1)c1cc(Cl)c(OCc2ccccc2)c(Cl)c1. The van der Waals surface area contributed by atoms with E-state index in [1.54, 1.807) is 0 Å². The molecule has 0 unspecified atom stereocenters. The molecule has 0 aliphatic rings. The molecule has 0 fully saturated rings. The molecule has 60 heavy (non-hydrogen) atoms. The number of esters is 3. The average Bonchev–Trinajstić information content (AvgIpc) is 3.24. The molecule has 6 aromatic rings. The Labute approximate surface area is 375 Å². The van der Waals surface area contributed by atoms with Crippen molar-refractivity contribution in [3.63, 3.8) is 0 Å². The molecule has 0 bridgehead atoms. The smallest absolute Gasteiger partial charge is 0.338 e. The molecule has 0 aliphatic heterocycles. The van der Waals surface area contributed by atoms with Gasteiger partial charge in [0.05, 0.1) is 46.8 Å². The maximum atomic E-state index is 13.5. The van der Waals surface area contributed by atoms with Gasteiger partial charge in [-0.15, -0.1) is 0 Å². The third-order valence-corrected chi connectivity index (χ3v) is 10.1. The van der Waals surface area contributed by atoms with Crippen molar-refractivity contribution >= 4 is 87.5 Å². The molecular weight excluding hydrogens is 897 g/mol. The first-order valence-electron chi connectivity index (χ1n) is 18.0. The summed E-state index contributed by atoms with van der Waals surface area (Å²) in [4.78, 5) is 40.1. The number of benzene rings is 6. The van der Waals surface area contributed by atoms with Crippen LogP contribution in [0.25, 0.3) is 0 Å². The lowest BCUT2D eigenvalue weighted by Crippen LogP contribution is -2.31. The molecule has 0 radical (unpaired) electrons. The Morgan fingerprint density at radius 2 is 0.667 bits per heavy atom. The third-order valence-electron chi connectivity index (χ3n) is 8.45. The number of carbonyl (C=O) groups is 3. The number of hydrogen-bond donors (Lipinski definition) is 0. The van der Waals surface area contributed by atoms with Gasteiger partial charge in [0, 0.05) is 0 Å². The van der Waals surface area contributed by atoms with Gasteiger partial charge >= 0.3 is 17.9 Å². The Hall–Kier alpha value is -5.13. The molecule has 0 saturated heterocycles. The Morgan fingerprint density at radius 3 is 0.950 bits per heavy atom. The lowest BCUT2D eigenvalue weighted by atomic mass is 10.2. The highest BCUT2D eigenvalue weighted by Gasteiger charge is 2.25. The molecule has 6 rings (SSSR count). The van der Waals surface area contributed by atoms with E-state index in [0.717, 1.165) is 16.7 Å². The Bertz CT molecular complexity index is 2270. The van der Waals surface area contributed by atoms with Crippen LogP contribution in [0.3, 0.4) is 0 Å². The van der Waals surface area contributed by atoms with Gasteiger partial charge in [0.15, 0.2) is 23.4 Å². The summed E-state index contributed by atoms with van der Waals surface area (Å²) >= 11 is 38.8. The van der Waals surface area contributed by atoms with Gasteiger partial charge in [0.2, 0.25) is 0 Å². The number of ether oxygens (including phenoxy) is 6. The third kappa shape index (κ3) is 12.2. The van der Waals surface area contributed by atoms with Crippen LogP contribution in [0.15, 0.2) is 127 Å². The lowest BCUT2D eigenvalue weighted by Gasteiger charge is -2.19. The van der Waals surface area contributed by atoms with Crippen LogP contribution in [-0.4, -0.2) is 37.2 Å². The fraction of sp³-hybridized carbons (Fsp3) is 0.133. The summed E-state index contributed by atoms with van der Waals surface area (Å²) in [5.74, 6) is -2.19. The second kappa shape index (κ2) is 21.4. The van der Waals surface area contributed by atoms with Crippen molar-refractivity contribution in [1.82, 2.24) is 0 Å². The van der Waals surface area contributed by atoms with E-state index in [1.165, 1.54) is 36.4 Å². The topological polar surface area (TPSA) is 107 Å². The van der Waals surface area contributed by atoms with Gasteiger partial charge in [-0.25, -0.2) is 14.4 Å². The summed E-state index contributed by atoms with van der Waals surface area (Å²) < 4.78 is 34.1. The monoisotopic (exact) mass is 926 g/mol. The Kier molecular flexibility index (Phi) is 15.8. The van der Waals surface area contributed by atoms with Crippen LogP contribution in [0, 0.1) is 0 Å². The van der Waals surface area contributed by atoms with E-state index < -0.39 is 37.2 Å². The van der Waals surface area contributed by atoms with Crippen molar-refractivity contribution in [3.8, 4) is 17.2 Å². The minimum Gasteiger partial charge on any atom is -0.486 e. The number of rotatable bonds is 17. The van der Waals surface area contributed by atoms with E-state index in [9.17, 15) is 14.4 Å². The van der Waals surface area contributed by atoms with E-state index in [-0.39, 0.29) is 83.9 Å². The first-order valence-corrected chi connectivity index (χ1v) is 20.2. The minimum absolute atomic E-state index is 0.0253. The van der Waals surface area contributed by atoms with E-state index >= 15 is 0 Å². The van der Waals surface area contributed by atoms with E-state index in [2.05, 4.69) is 0 Å². The molecule has 0 amide bonds. The summed E-state index contributed by atoms with van der Waals surface area (Å²) in [7, 11) is 0. The summed E-state index contributed by atoms with van der Waals surface area (Å²) in [6, 6.07) is 35.9. The van der Waals surface area contributed by atoms with Crippen LogP contribution in [0.5, 0.6) is 17.2 Å². The van der Waals surface area contributed by atoms with Crippen molar-refractivity contribution < 1.29 is 42.8 Å². The zero-order valence-electron chi connectivity index (χ0n) is 31.2. The molecule has 0 aliphatic carbocycles. The van der Waals surface area contributed by atoms with Gasteiger partial charge in [0.1, 0.15) is 33.0 Å². The second-order valence-corrected chi connectivity index (χ2v) is 15.3. The summed E-state index contributed by atoms with van der Waals surface area (Å²) in [5.41, 5.74) is 2.51. The van der Waals surface area contributed by atoms with Crippen LogP contribution < -0.4 is 14.2 Å². The maximum absolute atomic E-state index is 13.5. The Morgan fingerprint density at radius 1 is 0.400 bits per heavy atom. The standard InChI is InChI=1S/C45H32Cl6O9/c46-34-16-30(17-35(47)40(34)55-22-27-10-4-1-5-11-27)43(52)58-25-33(60-45(54)32-20-38(50)42(39(51)21-32)57-24-29-14-8-3-9-15-29)26-59-44(53)31-18-36(48)41(37(49)19-31)56-23-28-12-6-2-7-13-28/h1-21,33H,22-26H2. The molecular formula is C45H32Cl6O9. The summed E-state index contributed by atoms with van der Waals surface area (Å²) in [6.07, 6.45) is -1.35. The van der Waals surface area contributed by atoms with E-state index in [4.69, 9.17) is 98.0 Å². The lowest BCUT2D eigenvalue weighted by molar-refractivity contribution is -0.0253. The average molecular weight is 929 g/mol. The molecule has 15 heteroatoms. The van der Waals surface area contributed by atoms with Gasteiger partial charge in [-0.05, 0) is 53.1 Å². The van der Waals surface area contributed by atoms with Crippen molar-refractivity contribution in [1.29, 1.82) is 0 Å². The van der Waals surface area contributed by atoms with Gasteiger partial charge in [0.25, 0.3) is 0 Å². The number of hydrogen-bond acceptors (Lipinski definition) is 9. The van der Waals surface area contributed by atoms with Crippen LogP contribution >= 0.6 is 69.6 Å². The highest BCUT2D eigenvalue weighted by molar-refractivity contribution is 6.39. The van der Waals surface area contributed by atoms with Gasteiger partial charge in [-0.3, -0.25) is 0 Å². The van der Waals surface area contributed by atoms with Crippen molar-refractivity contribution in [2.45, 2.75) is 25.9 Å². The summed E-state index contributed by atoms with van der Waals surface area (Å²) in [5, 5.41) is 0.300. The van der Waals surface area contributed by atoms with Crippen LogP contribution in [0.1, 0.15) is 47.8 Å². The van der Waals surface area contributed by atoms with Gasteiger partial charge < -0.3 is 28.4 Å². The molecule has 0 heterocycles. The fourth-order valence-electron chi connectivity index (χ4n) is 5.48. The second-order valence-electron chi connectivity index (χ2n) is 12.9. The van der Waals surface area contributed by atoms with Crippen molar-refractivity contribution in [2.24, 2.45) is 0 Å². The molecule has 0 atom stereocenters. The van der Waals surface area contributed by atoms with Gasteiger partial charge in [-0.2, -0.15) is 0 Å². The zero-order valence-corrected chi connectivity index (χ0v) is 35.7. The molecule has 308 valence electrons. The van der Waals surface area contributed by atoms with Crippen LogP contribution in [0.2, 0.25) is 30.1 Å². The van der Waals surface area contributed by atoms with Gasteiger partial charge in [-0.1, -0.05) is 161 Å². The molecule has 0 aromatic heterocycles. The molecule has 0 saturated carbocycles. The van der Waals surface area contributed by atoms with Crippen LogP contribution in [0.4, 0.5) is 0 Å².